The number of rotatable bonds is 6. The summed E-state index contributed by atoms with van der Waals surface area (Å²) >= 11 is 12.4. The fraction of sp³-hybridized carbons (Fsp3) is 0.158. The van der Waals surface area contributed by atoms with Gasteiger partial charge in [-0.05, 0) is 30.2 Å². The van der Waals surface area contributed by atoms with Gasteiger partial charge in [0.25, 0.3) is 0 Å². The molecule has 2 aromatic carbocycles. The summed E-state index contributed by atoms with van der Waals surface area (Å²) in [4.78, 5) is 8.84. The second kappa shape index (κ2) is 8.19. The molecule has 0 aliphatic heterocycles. The molecular weight excluding hydrogens is 355 g/mol. The van der Waals surface area contributed by atoms with E-state index in [0.29, 0.717) is 18.9 Å². The summed E-state index contributed by atoms with van der Waals surface area (Å²) in [5.41, 5.74) is 2.04. The van der Waals surface area contributed by atoms with E-state index in [1.54, 1.807) is 0 Å². The average molecular weight is 373 g/mol. The van der Waals surface area contributed by atoms with Gasteiger partial charge in [-0.15, -0.1) is 0 Å². The van der Waals surface area contributed by atoms with Crippen molar-refractivity contribution in [2.75, 3.05) is 10.6 Å². The third-order valence-electron chi connectivity index (χ3n) is 3.67. The van der Waals surface area contributed by atoms with Gasteiger partial charge in [0.2, 0.25) is 0 Å². The first kappa shape index (κ1) is 17.5. The van der Waals surface area contributed by atoms with Gasteiger partial charge in [0.05, 0.1) is 0 Å². The van der Waals surface area contributed by atoms with Crippen molar-refractivity contribution in [3.8, 4) is 0 Å². The van der Waals surface area contributed by atoms with Gasteiger partial charge in [-0.25, -0.2) is 9.97 Å². The van der Waals surface area contributed by atoms with Crippen molar-refractivity contribution >= 4 is 34.8 Å². The Labute approximate surface area is 157 Å². The Kier molecular flexibility index (Phi) is 5.74. The normalized spacial score (nSPS) is 10.5. The fourth-order valence-electron chi connectivity index (χ4n) is 2.40. The molecule has 0 bridgehead atoms. The van der Waals surface area contributed by atoms with E-state index in [0.717, 1.165) is 32.8 Å². The SMILES string of the molecule is Cc1nc(NCc2ccccc2Cl)cc(NCc2ccccc2Cl)n1. The minimum atomic E-state index is 0.597. The lowest BCUT2D eigenvalue weighted by molar-refractivity contribution is 1.00. The number of halogens is 2. The molecule has 3 aromatic rings. The van der Waals surface area contributed by atoms with Crippen LogP contribution < -0.4 is 10.6 Å². The predicted octanol–water partition coefficient (Wildman–Crippen LogP) is 5.32. The molecule has 1 heterocycles. The van der Waals surface area contributed by atoms with Crippen molar-refractivity contribution < 1.29 is 0 Å². The van der Waals surface area contributed by atoms with Crippen LogP contribution in [-0.4, -0.2) is 9.97 Å². The summed E-state index contributed by atoms with van der Waals surface area (Å²) in [5, 5.41) is 8.05. The highest BCUT2D eigenvalue weighted by molar-refractivity contribution is 6.31. The molecule has 3 rings (SSSR count). The summed E-state index contributed by atoms with van der Waals surface area (Å²) in [6, 6.07) is 17.4. The van der Waals surface area contributed by atoms with Crippen molar-refractivity contribution in [3.63, 3.8) is 0 Å². The summed E-state index contributed by atoms with van der Waals surface area (Å²) in [7, 11) is 0. The molecule has 0 atom stereocenters. The van der Waals surface area contributed by atoms with Crippen molar-refractivity contribution in [3.05, 3.63) is 81.6 Å². The van der Waals surface area contributed by atoms with Crippen molar-refractivity contribution in [1.29, 1.82) is 0 Å². The van der Waals surface area contributed by atoms with E-state index >= 15 is 0 Å². The van der Waals surface area contributed by atoms with E-state index in [2.05, 4.69) is 20.6 Å². The van der Waals surface area contributed by atoms with Crippen LogP contribution >= 0.6 is 23.2 Å². The monoisotopic (exact) mass is 372 g/mol. The van der Waals surface area contributed by atoms with Crippen molar-refractivity contribution in [2.45, 2.75) is 20.0 Å². The molecule has 0 fully saturated rings. The highest BCUT2D eigenvalue weighted by atomic mass is 35.5. The first-order valence-corrected chi connectivity index (χ1v) is 8.67. The molecule has 0 saturated heterocycles. The smallest absolute Gasteiger partial charge is 0.132 e. The van der Waals surface area contributed by atoms with Crippen LogP contribution in [0, 0.1) is 6.92 Å². The van der Waals surface area contributed by atoms with E-state index in [9.17, 15) is 0 Å². The third kappa shape index (κ3) is 4.84. The molecule has 6 heteroatoms. The maximum atomic E-state index is 6.19. The molecule has 0 aliphatic rings. The Morgan fingerprint density at radius 1 is 0.760 bits per heavy atom. The number of nitrogens with zero attached hydrogens (tertiary/aromatic N) is 2. The quantitative estimate of drug-likeness (QED) is 0.614. The summed E-state index contributed by atoms with van der Waals surface area (Å²) in [5.74, 6) is 2.17. The van der Waals surface area contributed by atoms with Gasteiger partial charge in [-0.1, -0.05) is 59.6 Å². The first-order chi connectivity index (χ1) is 12.1. The zero-order valence-electron chi connectivity index (χ0n) is 13.8. The zero-order valence-corrected chi connectivity index (χ0v) is 15.3. The lowest BCUT2D eigenvalue weighted by Gasteiger charge is -2.11. The molecule has 0 unspecified atom stereocenters. The molecule has 0 aliphatic carbocycles. The molecule has 0 radical (unpaired) electrons. The molecular formula is C19H18Cl2N4. The van der Waals surface area contributed by atoms with Crippen molar-refractivity contribution in [1.82, 2.24) is 9.97 Å². The van der Waals surface area contributed by atoms with E-state index < -0.39 is 0 Å². The molecule has 2 N–H and O–H groups in total. The number of benzene rings is 2. The van der Waals surface area contributed by atoms with Crippen LogP contribution in [0.2, 0.25) is 10.0 Å². The Morgan fingerprint density at radius 3 is 1.64 bits per heavy atom. The average Bonchev–Trinajstić information content (AvgIpc) is 2.60. The summed E-state index contributed by atoms with van der Waals surface area (Å²) < 4.78 is 0. The van der Waals surface area contributed by atoms with Crippen LogP contribution in [0.5, 0.6) is 0 Å². The second-order valence-electron chi connectivity index (χ2n) is 5.58. The highest BCUT2D eigenvalue weighted by Gasteiger charge is 2.05. The van der Waals surface area contributed by atoms with Crippen LogP contribution in [-0.2, 0) is 13.1 Å². The topological polar surface area (TPSA) is 49.8 Å². The molecule has 1 aromatic heterocycles. The summed E-state index contributed by atoms with van der Waals surface area (Å²) in [6.45, 7) is 3.06. The first-order valence-electron chi connectivity index (χ1n) is 7.92. The highest BCUT2D eigenvalue weighted by Crippen LogP contribution is 2.19. The van der Waals surface area contributed by atoms with Crippen LogP contribution in [0.3, 0.4) is 0 Å². The number of aromatic nitrogens is 2. The molecule has 0 spiro atoms. The maximum absolute atomic E-state index is 6.19. The van der Waals surface area contributed by atoms with Gasteiger partial charge in [0.15, 0.2) is 0 Å². The van der Waals surface area contributed by atoms with Gasteiger partial charge < -0.3 is 10.6 Å². The largest absolute Gasteiger partial charge is 0.366 e. The predicted molar refractivity (Wildman–Crippen MR) is 104 cm³/mol. The van der Waals surface area contributed by atoms with E-state index in [1.165, 1.54) is 0 Å². The fourth-order valence-corrected chi connectivity index (χ4v) is 2.81. The van der Waals surface area contributed by atoms with Crippen molar-refractivity contribution in [2.24, 2.45) is 0 Å². The van der Waals surface area contributed by atoms with Gasteiger partial charge in [-0.2, -0.15) is 0 Å². The van der Waals surface area contributed by atoms with Crippen LogP contribution in [0.15, 0.2) is 54.6 Å². The lowest BCUT2D eigenvalue weighted by atomic mass is 10.2. The number of nitrogens with one attached hydrogen (secondary N) is 2. The molecule has 0 saturated carbocycles. The van der Waals surface area contributed by atoms with E-state index in [1.807, 2.05) is 61.5 Å². The molecule has 0 amide bonds. The lowest BCUT2D eigenvalue weighted by Crippen LogP contribution is -2.07. The van der Waals surface area contributed by atoms with E-state index in [-0.39, 0.29) is 0 Å². The molecule has 25 heavy (non-hydrogen) atoms. The van der Waals surface area contributed by atoms with Crippen LogP contribution in [0.4, 0.5) is 11.6 Å². The number of anilines is 2. The Bertz CT molecular complexity index is 800. The minimum absolute atomic E-state index is 0.597. The number of hydrogen-bond acceptors (Lipinski definition) is 4. The van der Waals surface area contributed by atoms with Gasteiger partial charge in [-0.3, -0.25) is 0 Å². The van der Waals surface area contributed by atoms with E-state index in [4.69, 9.17) is 23.2 Å². The maximum Gasteiger partial charge on any atom is 0.132 e. The third-order valence-corrected chi connectivity index (χ3v) is 4.41. The van der Waals surface area contributed by atoms with Gasteiger partial charge in [0, 0.05) is 29.2 Å². The Hall–Kier alpha value is -2.30. The molecule has 4 nitrogen and oxygen atoms in total. The molecule has 128 valence electrons. The van der Waals surface area contributed by atoms with Gasteiger partial charge in [0.1, 0.15) is 17.5 Å². The van der Waals surface area contributed by atoms with Gasteiger partial charge >= 0.3 is 0 Å². The Morgan fingerprint density at radius 2 is 1.20 bits per heavy atom. The Balaban J connectivity index is 1.68. The second-order valence-corrected chi connectivity index (χ2v) is 6.39. The van der Waals surface area contributed by atoms with Crippen LogP contribution in [0.1, 0.15) is 17.0 Å². The number of aryl methyl sites for hydroxylation is 1. The zero-order chi connectivity index (χ0) is 17.6. The number of hydrogen-bond donors (Lipinski definition) is 2. The standard InChI is InChI=1S/C19H18Cl2N4/c1-13-24-18(22-11-14-6-2-4-8-16(14)20)10-19(25-13)23-12-15-7-3-5-9-17(15)21/h2-10H,11-12H2,1H3,(H2,22,23,24,25). The minimum Gasteiger partial charge on any atom is -0.366 e. The summed E-state index contributed by atoms with van der Waals surface area (Å²) in [6.07, 6.45) is 0. The van der Waals surface area contributed by atoms with Crippen LogP contribution in [0.25, 0.3) is 0 Å².